The van der Waals surface area contributed by atoms with Gasteiger partial charge >= 0.3 is 5.97 Å². The first-order valence-electron chi connectivity index (χ1n) is 13.2. The van der Waals surface area contributed by atoms with E-state index in [1.165, 1.54) is 0 Å². The molecule has 0 bridgehead atoms. The first-order chi connectivity index (χ1) is 18.3. The zero-order chi connectivity index (χ0) is 27.4. The lowest BCUT2D eigenvalue weighted by Crippen LogP contribution is -2.38. The summed E-state index contributed by atoms with van der Waals surface area (Å²) in [5.41, 5.74) is 3.75. The number of carbonyl (C=O) groups is 2. The molecule has 1 aliphatic heterocycles. The minimum Gasteiger partial charge on any atom is -0.493 e. The minimum absolute atomic E-state index is 0.0140. The fraction of sp³-hybridized carbons (Fsp3) is 0.452. The van der Waals surface area contributed by atoms with Crippen LogP contribution in [0.4, 0.5) is 0 Å². The summed E-state index contributed by atoms with van der Waals surface area (Å²) in [4.78, 5) is 32.2. The quantitative estimate of drug-likeness (QED) is 0.377. The smallest absolute Gasteiger partial charge is 0.315 e. The van der Waals surface area contributed by atoms with Gasteiger partial charge in [0.05, 0.1) is 26.9 Å². The Morgan fingerprint density at radius 1 is 1.03 bits per heavy atom. The molecule has 7 nitrogen and oxygen atoms in total. The van der Waals surface area contributed by atoms with Crippen molar-refractivity contribution in [2.24, 2.45) is 10.9 Å². The van der Waals surface area contributed by atoms with Gasteiger partial charge in [0.25, 0.3) is 0 Å². The minimum atomic E-state index is -0.696. The second-order valence-corrected chi connectivity index (χ2v) is 10.1. The molecule has 0 spiro atoms. The molecule has 0 radical (unpaired) electrons. The van der Waals surface area contributed by atoms with Crippen LogP contribution in [0.2, 0.25) is 0 Å². The number of esters is 1. The molecule has 0 saturated heterocycles. The number of methoxy groups -OCH3 is 2. The number of para-hydroxylation sites is 1. The Kier molecular flexibility index (Phi) is 8.55. The molecule has 2 aliphatic rings. The summed E-state index contributed by atoms with van der Waals surface area (Å²) < 4.78 is 22.6. The fourth-order valence-corrected chi connectivity index (χ4v) is 5.43. The summed E-state index contributed by atoms with van der Waals surface area (Å²) in [7, 11) is 3.20. The molecule has 0 aromatic heterocycles. The molecule has 1 unspecified atom stereocenters. The van der Waals surface area contributed by atoms with Crippen LogP contribution in [-0.4, -0.2) is 44.4 Å². The van der Waals surface area contributed by atoms with Crippen molar-refractivity contribution in [2.45, 2.75) is 64.9 Å². The molecular formula is C31H37NO6. The summed E-state index contributed by atoms with van der Waals surface area (Å²) in [6.07, 6.45) is 1.54. The van der Waals surface area contributed by atoms with Crippen molar-refractivity contribution in [3.05, 3.63) is 64.9 Å². The number of aliphatic imine (C=N–C) groups is 1. The van der Waals surface area contributed by atoms with Crippen molar-refractivity contribution >= 4 is 17.5 Å². The molecule has 7 heteroatoms. The third-order valence-corrected chi connectivity index (χ3v) is 7.09. The lowest BCUT2D eigenvalue weighted by atomic mass is 9.69. The standard InChI is InChI=1S/C31H37NO6/c1-7-14-37-31(34)28-19(4)32-23-15-21(20-12-13-26(35-5)27(17-20)36-6)16-24(33)30(23)29(28)22-10-8-9-11-25(22)38-18(2)3/h8-13,17-18,21,28-29H,7,14-16H2,1-6H3/t21-,28?,29+/m0/s1. The van der Waals surface area contributed by atoms with E-state index in [-0.39, 0.29) is 23.8 Å². The molecule has 1 aliphatic carbocycles. The maximum atomic E-state index is 13.9. The predicted octanol–water partition coefficient (Wildman–Crippen LogP) is 6.02. The summed E-state index contributed by atoms with van der Waals surface area (Å²) in [6, 6.07) is 13.4. The fourth-order valence-electron chi connectivity index (χ4n) is 5.43. The van der Waals surface area contributed by atoms with Crippen LogP contribution in [0.3, 0.4) is 0 Å². The number of rotatable bonds is 9. The first-order valence-corrected chi connectivity index (χ1v) is 13.2. The number of carbonyl (C=O) groups excluding carboxylic acids is 2. The molecular weight excluding hydrogens is 482 g/mol. The monoisotopic (exact) mass is 519 g/mol. The number of allylic oxidation sites excluding steroid dienone is 2. The van der Waals surface area contributed by atoms with Crippen molar-refractivity contribution in [2.75, 3.05) is 20.8 Å². The lowest BCUT2D eigenvalue weighted by molar-refractivity contribution is -0.146. The number of Topliss-reactive ketones (excluding diaryl/α,β-unsaturated/α-hetero) is 1. The van der Waals surface area contributed by atoms with Crippen molar-refractivity contribution < 1.29 is 28.5 Å². The number of nitrogens with zero attached hydrogens (tertiary/aromatic N) is 1. The topological polar surface area (TPSA) is 83.4 Å². The van der Waals surface area contributed by atoms with Gasteiger partial charge in [-0.3, -0.25) is 14.6 Å². The van der Waals surface area contributed by atoms with Gasteiger partial charge in [0.2, 0.25) is 0 Å². The number of benzene rings is 2. The Balaban J connectivity index is 1.80. The Bertz CT molecular complexity index is 1260. The molecule has 4 rings (SSSR count). The van der Waals surface area contributed by atoms with Crippen LogP contribution in [0.25, 0.3) is 0 Å². The highest BCUT2D eigenvalue weighted by Crippen LogP contribution is 2.49. The summed E-state index contributed by atoms with van der Waals surface area (Å²) in [5.74, 6) is 0.261. The van der Waals surface area contributed by atoms with E-state index in [1.54, 1.807) is 14.2 Å². The predicted molar refractivity (Wildman–Crippen MR) is 146 cm³/mol. The zero-order valence-electron chi connectivity index (χ0n) is 23.1. The SMILES string of the molecule is CCCOC(=O)C1C(C)=NC2=C(C(=O)C[C@@H](c3ccc(OC)c(OC)c3)C2)[C@@H]1c1ccccc1OC(C)C. The van der Waals surface area contributed by atoms with E-state index in [2.05, 4.69) is 0 Å². The van der Waals surface area contributed by atoms with Crippen LogP contribution in [0.5, 0.6) is 17.2 Å². The van der Waals surface area contributed by atoms with Crippen molar-refractivity contribution in [3.63, 3.8) is 0 Å². The third-order valence-electron chi connectivity index (χ3n) is 7.09. The molecule has 38 heavy (non-hydrogen) atoms. The van der Waals surface area contributed by atoms with Crippen molar-refractivity contribution in [3.8, 4) is 17.2 Å². The van der Waals surface area contributed by atoms with Gasteiger partial charge in [0.1, 0.15) is 11.7 Å². The normalized spacial score (nSPS) is 21.1. The van der Waals surface area contributed by atoms with E-state index < -0.39 is 11.8 Å². The molecule has 0 amide bonds. The van der Waals surface area contributed by atoms with Gasteiger partial charge in [0, 0.05) is 34.9 Å². The second kappa shape index (κ2) is 11.8. The zero-order valence-corrected chi connectivity index (χ0v) is 23.1. The van der Waals surface area contributed by atoms with Crippen molar-refractivity contribution in [1.29, 1.82) is 0 Å². The van der Waals surface area contributed by atoms with Crippen LogP contribution >= 0.6 is 0 Å². The van der Waals surface area contributed by atoms with E-state index in [0.29, 0.717) is 54.4 Å². The Morgan fingerprint density at radius 2 is 1.76 bits per heavy atom. The number of hydrogen-bond donors (Lipinski definition) is 0. The van der Waals surface area contributed by atoms with Gasteiger partial charge < -0.3 is 18.9 Å². The van der Waals surface area contributed by atoms with Gasteiger partial charge in [-0.2, -0.15) is 0 Å². The average Bonchev–Trinajstić information content (AvgIpc) is 2.90. The highest BCUT2D eigenvalue weighted by atomic mass is 16.5. The van der Waals surface area contributed by atoms with Gasteiger partial charge in [-0.05, 0) is 63.3 Å². The Morgan fingerprint density at radius 3 is 2.45 bits per heavy atom. The van der Waals surface area contributed by atoms with Gasteiger partial charge in [0.15, 0.2) is 17.3 Å². The third kappa shape index (κ3) is 5.47. The second-order valence-electron chi connectivity index (χ2n) is 10.1. The molecule has 2 aromatic carbocycles. The first kappa shape index (κ1) is 27.4. The van der Waals surface area contributed by atoms with E-state index in [1.807, 2.05) is 70.2 Å². The number of ether oxygens (including phenoxy) is 4. The number of ketones is 1. The lowest BCUT2D eigenvalue weighted by Gasteiger charge is -2.37. The summed E-state index contributed by atoms with van der Waals surface area (Å²) >= 11 is 0. The maximum absolute atomic E-state index is 13.9. The van der Waals surface area contributed by atoms with Crippen LogP contribution < -0.4 is 14.2 Å². The van der Waals surface area contributed by atoms with E-state index in [9.17, 15) is 9.59 Å². The van der Waals surface area contributed by atoms with Gasteiger partial charge in [-0.15, -0.1) is 0 Å². The van der Waals surface area contributed by atoms with Crippen LogP contribution in [0.1, 0.15) is 69.9 Å². The van der Waals surface area contributed by atoms with Gasteiger partial charge in [-0.1, -0.05) is 31.2 Å². The van der Waals surface area contributed by atoms with E-state index >= 15 is 0 Å². The number of hydrogen-bond acceptors (Lipinski definition) is 7. The highest BCUT2D eigenvalue weighted by Gasteiger charge is 2.45. The molecule has 2 aromatic rings. The molecule has 0 N–H and O–H groups in total. The molecule has 202 valence electrons. The van der Waals surface area contributed by atoms with Crippen molar-refractivity contribution in [1.82, 2.24) is 0 Å². The van der Waals surface area contributed by atoms with E-state index in [4.69, 9.17) is 23.9 Å². The van der Waals surface area contributed by atoms with Crippen LogP contribution in [0.15, 0.2) is 58.7 Å². The van der Waals surface area contributed by atoms with Crippen LogP contribution in [0, 0.1) is 5.92 Å². The van der Waals surface area contributed by atoms with Crippen LogP contribution in [-0.2, 0) is 14.3 Å². The maximum Gasteiger partial charge on any atom is 0.315 e. The summed E-state index contributed by atoms with van der Waals surface area (Å²) in [6.45, 7) is 8.05. The molecule has 0 saturated carbocycles. The Labute approximate surface area is 224 Å². The summed E-state index contributed by atoms with van der Waals surface area (Å²) in [5, 5.41) is 0. The molecule has 3 atom stereocenters. The van der Waals surface area contributed by atoms with Gasteiger partial charge in [-0.25, -0.2) is 0 Å². The average molecular weight is 520 g/mol. The van der Waals surface area contributed by atoms with E-state index in [0.717, 1.165) is 16.8 Å². The highest BCUT2D eigenvalue weighted by molar-refractivity contribution is 6.09. The molecule has 1 heterocycles. The largest absolute Gasteiger partial charge is 0.493 e. The Hall–Kier alpha value is -3.61. The molecule has 0 fully saturated rings.